The van der Waals surface area contributed by atoms with E-state index in [4.69, 9.17) is 4.74 Å². The van der Waals surface area contributed by atoms with Crippen LogP contribution in [0.1, 0.15) is 23.8 Å². The third-order valence-electron chi connectivity index (χ3n) is 4.55. The van der Waals surface area contributed by atoms with Crippen LogP contribution in [-0.4, -0.2) is 36.4 Å². The van der Waals surface area contributed by atoms with Gasteiger partial charge in [0.1, 0.15) is 12.3 Å². The highest BCUT2D eigenvalue weighted by atomic mass is 32.1. The molecule has 5 nitrogen and oxygen atoms in total. The summed E-state index contributed by atoms with van der Waals surface area (Å²) in [5.41, 5.74) is 0.675. The topological polar surface area (TPSA) is 49.9 Å². The van der Waals surface area contributed by atoms with Crippen molar-refractivity contribution in [2.24, 2.45) is 0 Å². The number of anilines is 1. The molecule has 2 aliphatic heterocycles. The van der Waals surface area contributed by atoms with E-state index < -0.39 is 0 Å². The molecule has 0 radical (unpaired) electrons. The summed E-state index contributed by atoms with van der Waals surface area (Å²) >= 11 is 1.68. The molecular formula is C18H18N2O3S. The third-order valence-corrected chi connectivity index (χ3v) is 5.52. The highest BCUT2D eigenvalue weighted by Crippen LogP contribution is 2.36. The lowest BCUT2D eigenvalue weighted by atomic mass is 10.2. The molecule has 3 heterocycles. The summed E-state index contributed by atoms with van der Waals surface area (Å²) < 4.78 is 5.44. The molecule has 0 aliphatic carbocycles. The van der Waals surface area contributed by atoms with Crippen LogP contribution in [0.5, 0.6) is 5.75 Å². The number of amides is 2. The monoisotopic (exact) mass is 342 g/mol. The maximum atomic E-state index is 12.9. The summed E-state index contributed by atoms with van der Waals surface area (Å²) in [4.78, 5) is 29.8. The molecule has 1 aromatic heterocycles. The Kier molecular flexibility index (Phi) is 3.98. The molecule has 0 bridgehead atoms. The molecule has 1 saturated heterocycles. The van der Waals surface area contributed by atoms with E-state index in [1.54, 1.807) is 16.2 Å². The summed E-state index contributed by atoms with van der Waals surface area (Å²) in [5, 5.41) is 2.04. The Balaban J connectivity index is 1.55. The first-order chi connectivity index (χ1) is 11.7. The zero-order valence-electron chi connectivity index (χ0n) is 13.2. The molecule has 0 spiro atoms. The van der Waals surface area contributed by atoms with Crippen LogP contribution in [0.3, 0.4) is 0 Å². The Hall–Kier alpha value is -2.34. The van der Waals surface area contributed by atoms with Gasteiger partial charge in [-0.05, 0) is 36.4 Å². The van der Waals surface area contributed by atoms with Gasteiger partial charge < -0.3 is 9.64 Å². The number of thiophene rings is 1. The van der Waals surface area contributed by atoms with Crippen molar-refractivity contribution < 1.29 is 14.3 Å². The second-order valence-corrected chi connectivity index (χ2v) is 6.98. The first-order valence-corrected chi connectivity index (χ1v) is 8.97. The van der Waals surface area contributed by atoms with Crippen molar-refractivity contribution >= 4 is 28.8 Å². The van der Waals surface area contributed by atoms with Gasteiger partial charge in [-0.25, -0.2) is 0 Å². The van der Waals surface area contributed by atoms with Gasteiger partial charge in [-0.2, -0.15) is 0 Å². The molecule has 4 rings (SSSR count). The van der Waals surface area contributed by atoms with E-state index in [2.05, 4.69) is 6.07 Å². The lowest BCUT2D eigenvalue weighted by Gasteiger charge is -2.31. The first kappa shape index (κ1) is 15.2. The lowest BCUT2D eigenvalue weighted by Crippen LogP contribution is -2.46. The molecule has 1 atom stereocenters. The van der Waals surface area contributed by atoms with Crippen molar-refractivity contribution in [1.82, 2.24) is 4.90 Å². The fourth-order valence-corrected chi connectivity index (χ4v) is 4.27. The summed E-state index contributed by atoms with van der Waals surface area (Å²) in [6, 6.07) is 11.6. The fourth-order valence-electron chi connectivity index (χ4n) is 3.40. The number of hydrogen-bond donors (Lipinski definition) is 0. The molecule has 0 saturated carbocycles. The second kappa shape index (κ2) is 6.28. The van der Waals surface area contributed by atoms with Crippen LogP contribution in [0, 0.1) is 0 Å². The molecule has 0 N–H and O–H groups in total. The summed E-state index contributed by atoms with van der Waals surface area (Å²) in [6.07, 6.45) is 1.99. The van der Waals surface area contributed by atoms with Gasteiger partial charge in [0.05, 0.1) is 11.7 Å². The second-order valence-electron chi connectivity index (χ2n) is 6.00. The van der Waals surface area contributed by atoms with Gasteiger partial charge in [0.25, 0.3) is 5.91 Å². The van der Waals surface area contributed by atoms with Gasteiger partial charge in [0, 0.05) is 11.4 Å². The number of carbonyl (C=O) groups excluding carboxylic acids is 2. The number of nitrogens with zero attached hydrogens (tertiary/aromatic N) is 2. The third kappa shape index (κ3) is 2.67. The zero-order valence-corrected chi connectivity index (χ0v) is 14.0. The van der Waals surface area contributed by atoms with E-state index in [1.807, 2.05) is 40.6 Å². The van der Waals surface area contributed by atoms with Crippen molar-refractivity contribution in [3.8, 4) is 5.75 Å². The van der Waals surface area contributed by atoms with E-state index in [0.717, 1.165) is 19.4 Å². The Morgan fingerprint density at radius 1 is 1.25 bits per heavy atom. The Morgan fingerprint density at radius 3 is 2.96 bits per heavy atom. The van der Waals surface area contributed by atoms with Crippen LogP contribution >= 0.6 is 11.3 Å². The number of para-hydroxylation sites is 2. The average molecular weight is 342 g/mol. The minimum Gasteiger partial charge on any atom is -0.482 e. The number of hydrogen-bond acceptors (Lipinski definition) is 4. The molecule has 2 aromatic rings. The zero-order chi connectivity index (χ0) is 16.5. The van der Waals surface area contributed by atoms with Gasteiger partial charge in [0.2, 0.25) is 5.91 Å². The normalized spacial score (nSPS) is 20.0. The molecule has 2 amide bonds. The molecule has 2 aliphatic rings. The van der Waals surface area contributed by atoms with Crippen LogP contribution in [0.2, 0.25) is 0 Å². The van der Waals surface area contributed by atoms with Gasteiger partial charge >= 0.3 is 0 Å². The van der Waals surface area contributed by atoms with Crippen molar-refractivity contribution in [2.75, 3.05) is 24.6 Å². The van der Waals surface area contributed by atoms with E-state index in [0.29, 0.717) is 11.4 Å². The average Bonchev–Trinajstić information content (AvgIpc) is 3.28. The van der Waals surface area contributed by atoms with Gasteiger partial charge in [-0.15, -0.1) is 11.3 Å². The maximum absolute atomic E-state index is 12.9. The van der Waals surface area contributed by atoms with E-state index in [1.165, 1.54) is 4.88 Å². The predicted molar refractivity (Wildman–Crippen MR) is 92.3 cm³/mol. The molecular weight excluding hydrogens is 324 g/mol. The highest BCUT2D eigenvalue weighted by molar-refractivity contribution is 7.10. The summed E-state index contributed by atoms with van der Waals surface area (Å²) in [7, 11) is 0. The van der Waals surface area contributed by atoms with Crippen LogP contribution in [0.25, 0.3) is 0 Å². The lowest BCUT2D eigenvalue weighted by molar-refractivity contribution is -0.132. The van der Waals surface area contributed by atoms with Crippen LogP contribution in [-0.2, 0) is 9.59 Å². The number of carbonyl (C=O) groups is 2. The molecule has 124 valence electrons. The quantitative estimate of drug-likeness (QED) is 0.862. The number of benzene rings is 1. The standard InChI is InChI=1S/C18H18N2O3S/c21-17(19-9-3-6-14(19)16-8-4-10-24-16)11-20-13-5-1-2-7-15(13)23-12-18(20)22/h1-2,4-5,7-8,10,14H,3,6,9,11-12H2/t14-/m0/s1. The minimum atomic E-state index is -0.172. The molecule has 1 fully saturated rings. The summed E-state index contributed by atoms with van der Waals surface area (Å²) in [6.45, 7) is 0.807. The molecule has 1 aromatic carbocycles. The number of likely N-dealkylation sites (tertiary alicyclic amines) is 1. The molecule has 6 heteroatoms. The van der Waals surface area contributed by atoms with E-state index in [-0.39, 0.29) is 31.0 Å². The Labute approximate surface area is 144 Å². The fraction of sp³-hybridized carbons (Fsp3) is 0.333. The largest absolute Gasteiger partial charge is 0.482 e. The van der Waals surface area contributed by atoms with E-state index >= 15 is 0 Å². The van der Waals surface area contributed by atoms with Crippen molar-refractivity contribution in [2.45, 2.75) is 18.9 Å². The maximum Gasteiger partial charge on any atom is 0.265 e. The smallest absolute Gasteiger partial charge is 0.265 e. The number of rotatable bonds is 3. The van der Waals surface area contributed by atoms with Crippen LogP contribution in [0.4, 0.5) is 5.69 Å². The first-order valence-electron chi connectivity index (χ1n) is 8.09. The minimum absolute atomic E-state index is 0.00375. The van der Waals surface area contributed by atoms with Crippen molar-refractivity contribution in [3.05, 3.63) is 46.7 Å². The van der Waals surface area contributed by atoms with Gasteiger partial charge in [-0.3, -0.25) is 14.5 Å². The SMILES string of the molecule is O=C1COc2ccccc2N1CC(=O)N1CCC[C@H]1c1cccs1. The van der Waals surface area contributed by atoms with Crippen LogP contribution < -0.4 is 9.64 Å². The predicted octanol–water partition coefficient (Wildman–Crippen LogP) is 2.84. The molecule has 0 unspecified atom stereocenters. The Morgan fingerprint density at radius 2 is 2.12 bits per heavy atom. The number of ether oxygens (including phenoxy) is 1. The van der Waals surface area contributed by atoms with E-state index in [9.17, 15) is 9.59 Å². The highest BCUT2D eigenvalue weighted by Gasteiger charge is 2.34. The van der Waals surface area contributed by atoms with Crippen LogP contribution in [0.15, 0.2) is 41.8 Å². The van der Waals surface area contributed by atoms with Crippen molar-refractivity contribution in [1.29, 1.82) is 0 Å². The molecule has 24 heavy (non-hydrogen) atoms. The summed E-state index contributed by atoms with van der Waals surface area (Å²) in [5.74, 6) is 0.478. The Bertz CT molecular complexity index is 759. The van der Waals surface area contributed by atoms with Gasteiger partial charge in [-0.1, -0.05) is 18.2 Å². The van der Waals surface area contributed by atoms with Crippen molar-refractivity contribution in [3.63, 3.8) is 0 Å². The van der Waals surface area contributed by atoms with Gasteiger partial charge in [0.15, 0.2) is 6.61 Å². The number of fused-ring (bicyclic) bond motifs is 1.